The molecule has 2 aromatic heterocycles. The fraction of sp³-hybridized carbons (Fsp3) is 0.333. The fourth-order valence-corrected chi connectivity index (χ4v) is 3.72. The zero-order valence-corrected chi connectivity index (χ0v) is 17.2. The summed E-state index contributed by atoms with van der Waals surface area (Å²) < 4.78 is 15.9. The molecule has 1 saturated heterocycles. The molecule has 9 heteroatoms. The van der Waals surface area contributed by atoms with Gasteiger partial charge in [0.2, 0.25) is 11.6 Å². The molecule has 1 fully saturated rings. The molecule has 0 saturated carbocycles. The van der Waals surface area contributed by atoms with E-state index in [4.69, 9.17) is 23.9 Å². The van der Waals surface area contributed by atoms with Crippen molar-refractivity contribution in [1.29, 1.82) is 0 Å². The number of alkyl halides is 1. The van der Waals surface area contributed by atoms with Gasteiger partial charge in [0, 0.05) is 19.3 Å². The van der Waals surface area contributed by atoms with Crippen LogP contribution in [0.15, 0.2) is 36.5 Å². The average Bonchev–Trinajstić information content (AvgIpc) is 3.13. The first kappa shape index (κ1) is 21.5. The van der Waals surface area contributed by atoms with Gasteiger partial charge in [0.15, 0.2) is 5.69 Å². The molecule has 4 rings (SSSR count). The lowest BCUT2D eigenvalue weighted by Crippen LogP contribution is -2.50. The molecule has 1 aliphatic heterocycles. The third kappa shape index (κ3) is 3.80. The Bertz CT molecular complexity index is 1130. The molecule has 3 aromatic rings. The Labute approximate surface area is 180 Å². The van der Waals surface area contributed by atoms with Crippen LogP contribution in [0, 0.1) is 13.1 Å². The van der Waals surface area contributed by atoms with Crippen molar-refractivity contribution < 1.29 is 4.39 Å². The van der Waals surface area contributed by atoms with Crippen LogP contribution in [0.2, 0.25) is 0 Å². The molecule has 0 radical (unpaired) electrons. The van der Waals surface area contributed by atoms with Gasteiger partial charge in [-0.05, 0) is 31.5 Å². The average molecular weight is 426 g/mol. The number of fused-ring (bicyclic) bond motifs is 1. The van der Waals surface area contributed by atoms with Crippen LogP contribution in [0.4, 0.5) is 21.7 Å². The van der Waals surface area contributed by atoms with E-state index >= 15 is 0 Å². The molecule has 2 N–H and O–H groups in total. The predicted octanol–water partition coefficient (Wildman–Crippen LogP) is 4.44. The highest BCUT2D eigenvalue weighted by molar-refractivity contribution is 5.85. The van der Waals surface area contributed by atoms with Crippen LogP contribution in [-0.4, -0.2) is 39.8 Å². The third-order valence-corrected chi connectivity index (χ3v) is 5.35. The van der Waals surface area contributed by atoms with Crippen molar-refractivity contribution in [3.8, 4) is 0 Å². The molecular formula is C21H21ClFN7. The topological polar surface area (TPSA) is 68.7 Å². The number of anilines is 1. The molecule has 3 heterocycles. The Morgan fingerprint density at radius 2 is 1.93 bits per heavy atom. The van der Waals surface area contributed by atoms with Crippen LogP contribution in [0.3, 0.4) is 0 Å². The van der Waals surface area contributed by atoms with Crippen molar-refractivity contribution in [1.82, 2.24) is 14.5 Å². The first-order valence-electron chi connectivity index (χ1n) is 9.39. The Hall–Kier alpha value is -3.20. The largest absolute Gasteiger partial charge is 0.340 e. The summed E-state index contributed by atoms with van der Waals surface area (Å²) in [5.41, 5.74) is 9.32. The van der Waals surface area contributed by atoms with Crippen molar-refractivity contribution >= 4 is 40.8 Å². The van der Waals surface area contributed by atoms with Gasteiger partial charge in [0.05, 0.1) is 42.0 Å². The van der Waals surface area contributed by atoms with Gasteiger partial charge in [-0.25, -0.2) is 19.1 Å². The van der Waals surface area contributed by atoms with E-state index in [1.54, 1.807) is 18.3 Å². The summed E-state index contributed by atoms with van der Waals surface area (Å²) in [5.74, 6) is 0.688. The standard InChI is InChI=1S/C21H20FN7.ClH/c1-13(18-6-5-15(25-3)11-26-18)29-20-10-14(24-2)4-7-19(20)27-21(29)28-9-8-16(22)17(23)12-28;/h4-7,10-11,13,16-17H,8-9,12,23H2,1H3;1H/t13-,16-,17-;/m1./s1. The maximum atomic E-state index is 13.9. The van der Waals surface area contributed by atoms with Gasteiger partial charge in [0.1, 0.15) is 6.17 Å². The van der Waals surface area contributed by atoms with Gasteiger partial charge >= 0.3 is 0 Å². The highest BCUT2D eigenvalue weighted by atomic mass is 35.5. The normalized spacial score (nSPS) is 19.6. The molecule has 0 amide bonds. The molecule has 1 aliphatic rings. The molecular weight excluding hydrogens is 405 g/mol. The minimum Gasteiger partial charge on any atom is -0.340 e. The number of nitrogens with zero attached hydrogens (tertiary/aromatic N) is 6. The lowest BCUT2D eigenvalue weighted by molar-refractivity contribution is 0.243. The van der Waals surface area contributed by atoms with Crippen LogP contribution in [-0.2, 0) is 0 Å². The summed E-state index contributed by atoms with van der Waals surface area (Å²) in [6.45, 7) is 17.3. The first-order valence-corrected chi connectivity index (χ1v) is 9.39. The summed E-state index contributed by atoms with van der Waals surface area (Å²) in [7, 11) is 0. The van der Waals surface area contributed by atoms with E-state index in [9.17, 15) is 4.39 Å². The minimum atomic E-state index is -1.02. The SMILES string of the molecule is Cl.[C-]#[N+]c1ccc([C@@H](C)n2c(N3CC[C@@H](F)[C@H](N)C3)nc3ccc([N+]#[C-])cc32)nc1. The summed E-state index contributed by atoms with van der Waals surface area (Å²) in [6, 6.07) is 8.17. The Morgan fingerprint density at radius 1 is 1.20 bits per heavy atom. The van der Waals surface area contributed by atoms with Gasteiger partial charge in [0.25, 0.3) is 0 Å². The lowest BCUT2D eigenvalue weighted by Gasteiger charge is -2.34. The molecule has 3 atom stereocenters. The Morgan fingerprint density at radius 3 is 2.57 bits per heavy atom. The second kappa shape index (κ2) is 8.66. The summed E-state index contributed by atoms with van der Waals surface area (Å²) in [4.78, 5) is 18.2. The Balaban J connectivity index is 0.00000256. The molecule has 1 aromatic carbocycles. The molecule has 30 heavy (non-hydrogen) atoms. The van der Waals surface area contributed by atoms with E-state index in [1.165, 1.54) is 0 Å². The predicted molar refractivity (Wildman–Crippen MR) is 117 cm³/mol. The number of halogens is 2. The van der Waals surface area contributed by atoms with Crippen LogP contribution in [0.5, 0.6) is 0 Å². The number of imidazole rings is 1. The number of rotatable bonds is 3. The quantitative estimate of drug-likeness (QED) is 0.630. The number of hydrogen-bond acceptors (Lipinski definition) is 4. The van der Waals surface area contributed by atoms with E-state index in [0.29, 0.717) is 36.8 Å². The highest BCUT2D eigenvalue weighted by Crippen LogP contribution is 2.33. The van der Waals surface area contributed by atoms with Crippen LogP contribution in [0.25, 0.3) is 20.7 Å². The number of benzene rings is 1. The molecule has 7 nitrogen and oxygen atoms in total. The Kier molecular flexibility index (Phi) is 6.21. The van der Waals surface area contributed by atoms with Crippen molar-refractivity contribution in [3.05, 3.63) is 65.1 Å². The smallest absolute Gasteiger partial charge is 0.207 e. The van der Waals surface area contributed by atoms with Crippen molar-refractivity contribution in [2.45, 2.75) is 31.6 Å². The van der Waals surface area contributed by atoms with Gasteiger partial charge in [-0.15, -0.1) is 12.4 Å². The number of hydrogen-bond donors (Lipinski definition) is 1. The number of piperidine rings is 1. The van der Waals surface area contributed by atoms with Crippen LogP contribution < -0.4 is 10.6 Å². The summed E-state index contributed by atoms with van der Waals surface area (Å²) in [5, 5.41) is 0. The molecule has 0 bridgehead atoms. The maximum absolute atomic E-state index is 13.9. The van der Waals surface area contributed by atoms with Gasteiger partial charge in [-0.3, -0.25) is 4.98 Å². The van der Waals surface area contributed by atoms with Crippen molar-refractivity contribution in [2.24, 2.45) is 5.73 Å². The van der Waals surface area contributed by atoms with E-state index < -0.39 is 12.2 Å². The first-order chi connectivity index (χ1) is 14.0. The van der Waals surface area contributed by atoms with Gasteiger partial charge in [-0.2, -0.15) is 0 Å². The van der Waals surface area contributed by atoms with E-state index in [0.717, 1.165) is 16.7 Å². The summed E-state index contributed by atoms with van der Waals surface area (Å²) >= 11 is 0. The number of pyridine rings is 1. The third-order valence-electron chi connectivity index (χ3n) is 5.35. The van der Waals surface area contributed by atoms with Gasteiger partial charge < -0.3 is 15.2 Å². The van der Waals surface area contributed by atoms with Gasteiger partial charge in [-0.1, -0.05) is 12.1 Å². The van der Waals surface area contributed by atoms with Crippen molar-refractivity contribution in [2.75, 3.05) is 18.0 Å². The highest BCUT2D eigenvalue weighted by Gasteiger charge is 2.30. The van der Waals surface area contributed by atoms with Crippen molar-refractivity contribution in [3.63, 3.8) is 0 Å². The monoisotopic (exact) mass is 425 g/mol. The zero-order valence-electron chi connectivity index (χ0n) is 16.4. The minimum absolute atomic E-state index is 0. The van der Waals surface area contributed by atoms with E-state index in [2.05, 4.69) is 14.7 Å². The van der Waals surface area contributed by atoms with Crippen LogP contribution in [0.1, 0.15) is 25.1 Å². The number of nitrogens with two attached hydrogens (primary N) is 1. The molecule has 0 unspecified atom stereocenters. The zero-order chi connectivity index (χ0) is 20.5. The molecule has 0 spiro atoms. The molecule has 0 aliphatic carbocycles. The number of aromatic nitrogens is 3. The summed E-state index contributed by atoms with van der Waals surface area (Å²) in [6.07, 6.45) is 0.884. The fourth-order valence-electron chi connectivity index (χ4n) is 3.72. The van der Waals surface area contributed by atoms with Crippen LogP contribution >= 0.6 is 12.4 Å². The second-order valence-electron chi connectivity index (χ2n) is 7.21. The second-order valence-corrected chi connectivity index (χ2v) is 7.21. The van der Waals surface area contributed by atoms with E-state index in [-0.39, 0.29) is 18.4 Å². The van der Waals surface area contributed by atoms with E-state index in [1.807, 2.05) is 34.6 Å². The lowest BCUT2D eigenvalue weighted by atomic mass is 10.1. The maximum Gasteiger partial charge on any atom is 0.207 e. The molecule has 154 valence electrons.